The molecule has 21 heavy (non-hydrogen) atoms. The van der Waals surface area contributed by atoms with E-state index in [1.165, 1.54) is 0 Å². The molecule has 1 aromatic heterocycles. The lowest BCUT2D eigenvalue weighted by atomic mass is 10.2. The van der Waals surface area contributed by atoms with Gasteiger partial charge in [0.05, 0.1) is 16.8 Å². The molecule has 0 fully saturated rings. The average molecular weight is 305 g/mol. The lowest BCUT2D eigenvalue weighted by molar-refractivity contribution is 0.601. The first-order valence-corrected chi connectivity index (χ1v) is 8.17. The SMILES string of the molecule is Cc1cccc(S(=O)(=O)Nc2ccc(NC(C)C)cn2)c1. The number of anilines is 2. The number of hydrogen-bond donors (Lipinski definition) is 2. The topological polar surface area (TPSA) is 71.1 Å². The summed E-state index contributed by atoms with van der Waals surface area (Å²) in [5, 5.41) is 3.19. The first-order chi connectivity index (χ1) is 9.87. The van der Waals surface area contributed by atoms with Gasteiger partial charge in [0.2, 0.25) is 0 Å². The number of aryl methyl sites for hydroxylation is 1. The van der Waals surface area contributed by atoms with Gasteiger partial charge < -0.3 is 5.32 Å². The Kier molecular flexibility index (Phi) is 4.47. The number of aromatic nitrogens is 1. The summed E-state index contributed by atoms with van der Waals surface area (Å²) in [5.74, 6) is 0.297. The third-order valence-corrected chi connectivity index (χ3v) is 4.11. The first kappa shape index (κ1) is 15.3. The summed E-state index contributed by atoms with van der Waals surface area (Å²) in [6.45, 7) is 5.90. The monoisotopic (exact) mass is 305 g/mol. The maximum atomic E-state index is 12.2. The van der Waals surface area contributed by atoms with Crippen LogP contribution >= 0.6 is 0 Å². The van der Waals surface area contributed by atoms with Crippen LogP contribution < -0.4 is 10.0 Å². The molecule has 0 bridgehead atoms. The molecule has 2 N–H and O–H groups in total. The Morgan fingerprint density at radius 1 is 1.14 bits per heavy atom. The normalized spacial score (nSPS) is 11.4. The molecule has 112 valence electrons. The third-order valence-electron chi connectivity index (χ3n) is 2.76. The maximum Gasteiger partial charge on any atom is 0.263 e. The second-order valence-electron chi connectivity index (χ2n) is 5.15. The number of nitrogens with one attached hydrogen (secondary N) is 2. The molecule has 2 aromatic rings. The zero-order valence-corrected chi connectivity index (χ0v) is 13.1. The number of nitrogens with zero attached hydrogens (tertiary/aromatic N) is 1. The van der Waals surface area contributed by atoms with Crippen molar-refractivity contribution in [3.05, 3.63) is 48.2 Å². The van der Waals surface area contributed by atoms with Crippen molar-refractivity contribution in [1.29, 1.82) is 0 Å². The summed E-state index contributed by atoms with van der Waals surface area (Å²) < 4.78 is 27.0. The van der Waals surface area contributed by atoms with E-state index in [4.69, 9.17) is 0 Å². The van der Waals surface area contributed by atoms with E-state index in [1.807, 2.05) is 26.8 Å². The molecule has 0 amide bonds. The molecular weight excluding hydrogens is 286 g/mol. The second kappa shape index (κ2) is 6.13. The van der Waals surface area contributed by atoms with Gasteiger partial charge in [-0.15, -0.1) is 0 Å². The summed E-state index contributed by atoms with van der Waals surface area (Å²) in [6, 6.07) is 10.5. The van der Waals surface area contributed by atoms with Crippen LogP contribution in [0.1, 0.15) is 19.4 Å². The first-order valence-electron chi connectivity index (χ1n) is 6.69. The molecule has 0 spiro atoms. The minimum atomic E-state index is -3.60. The summed E-state index contributed by atoms with van der Waals surface area (Å²) in [7, 11) is -3.60. The van der Waals surface area contributed by atoms with Crippen LogP contribution in [0, 0.1) is 6.92 Å². The van der Waals surface area contributed by atoms with E-state index in [9.17, 15) is 8.42 Å². The molecule has 6 heteroatoms. The van der Waals surface area contributed by atoms with Crippen molar-refractivity contribution in [2.75, 3.05) is 10.0 Å². The number of benzene rings is 1. The Hall–Kier alpha value is -2.08. The van der Waals surface area contributed by atoms with E-state index >= 15 is 0 Å². The predicted molar refractivity (Wildman–Crippen MR) is 85.0 cm³/mol. The number of sulfonamides is 1. The van der Waals surface area contributed by atoms with Crippen molar-refractivity contribution >= 4 is 21.5 Å². The molecule has 0 aliphatic rings. The summed E-state index contributed by atoms with van der Waals surface area (Å²) >= 11 is 0. The molecule has 0 saturated carbocycles. The fourth-order valence-corrected chi connectivity index (χ4v) is 2.96. The highest BCUT2D eigenvalue weighted by atomic mass is 32.2. The van der Waals surface area contributed by atoms with Crippen molar-refractivity contribution in [3.8, 4) is 0 Å². The third kappa shape index (κ3) is 4.19. The van der Waals surface area contributed by atoms with Crippen LogP contribution in [0.4, 0.5) is 11.5 Å². The average Bonchev–Trinajstić information content (AvgIpc) is 2.40. The number of rotatable bonds is 5. The van der Waals surface area contributed by atoms with Gasteiger partial charge in [0.25, 0.3) is 10.0 Å². The summed E-state index contributed by atoms with van der Waals surface area (Å²) in [6.07, 6.45) is 1.61. The van der Waals surface area contributed by atoms with E-state index in [0.717, 1.165) is 11.3 Å². The van der Waals surface area contributed by atoms with Crippen molar-refractivity contribution in [2.24, 2.45) is 0 Å². The molecule has 0 atom stereocenters. The van der Waals surface area contributed by atoms with Gasteiger partial charge >= 0.3 is 0 Å². The van der Waals surface area contributed by atoms with Crippen molar-refractivity contribution in [1.82, 2.24) is 4.98 Å². The standard InChI is InChI=1S/C15H19N3O2S/c1-11(2)17-13-7-8-15(16-10-13)18-21(19,20)14-6-4-5-12(3)9-14/h4-11,17H,1-3H3,(H,16,18). The maximum absolute atomic E-state index is 12.2. The van der Waals surface area contributed by atoms with Gasteiger partial charge in [0.1, 0.15) is 5.82 Å². The van der Waals surface area contributed by atoms with E-state index < -0.39 is 10.0 Å². The fraction of sp³-hybridized carbons (Fsp3) is 0.267. The Balaban J connectivity index is 2.17. The molecular formula is C15H19N3O2S. The second-order valence-corrected chi connectivity index (χ2v) is 6.84. The molecule has 5 nitrogen and oxygen atoms in total. The lowest BCUT2D eigenvalue weighted by Crippen LogP contribution is -2.14. The van der Waals surface area contributed by atoms with Crippen molar-refractivity contribution in [2.45, 2.75) is 31.7 Å². The van der Waals surface area contributed by atoms with Gasteiger partial charge in [-0.1, -0.05) is 12.1 Å². The van der Waals surface area contributed by atoms with E-state index in [2.05, 4.69) is 15.0 Å². The van der Waals surface area contributed by atoms with Gasteiger partial charge in [0, 0.05) is 6.04 Å². The highest BCUT2D eigenvalue weighted by molar-refractivity contribution is 7.92. The summed E-state index contributed by atoms with van der Waals surface area (Å²) in [4.78, 5) is 4.34. The molecule has 0 aliphatic carbocycles. The molecule has 0 saturated heterocycles. The zero-order chi connectivity index (χ0) is 15.5. The van der Waals surface area contributed by atoms with Crippen LogP contribution in [0.25, 0.3) is 0 Å². The largest absolute Gasteiger partial charge is 0.382 e. The quantitative estimate of drug-likeness (QED) is 0.891. The Morgan fingerprint density at radius 2 is 1.90 bits per heavy atom. The van der Waals surface area contributed by atoms with Crippen LogP contribution in [0.3, 0.4) is 0 Å². The van der Waals surface area contributed by atoms with E-state index in [-0.39, 0.29) is 4.90 Å². The van der Waals surface area contributed by atoms with E-state index in [1.54, 1.807) is 36.5 Å². The van der Waals surface area contributed by atoms with Crippen LogP contribution in [-0.4, -0.2) is 19.4 Å². The zero-order valence-electron chi connectivity index (χ0n) is 12.3. The molecule has 0 unspecified atom stereocenters. The Bertz CT molecular complexity index is 710. The van der Waals surface area contributed by atoms with Crippen molar-refractivity contribution < 1.29 is 8.42 Å². The smallest absolute Gasteiger partial charge is 0.263 e. The van der Waals surface area contributed by atoms with Crippen molar-refractivity contribution in [3.63, 3.8) is 0 Å². The van der Waals surface area contributed by atoms with E-state index in [0.29, 0.717) is 11.9 Å². The minimum absolute atomic E-state index is 0.230. The minimum Gasteiger partial charge on any atom is -0.382 e. The molecule has 1 heterocycles. The van der Waals surface area contributed by atoms with Gasteiger partial charge in [-0.3, -0.25) is 4.72 Å². The van der Waals surface area contributed by atoms with Gasteiger partial charge in [0.15, 0.2) is 0 Å². The summed E-state index contributed by atoms with van der Waals surface area (Å²) in [5.41, 5.74) is 1.74. The van der Waals surface area contributed by atoms with Gasteiger partial charge in [-0.2, -0.15) is 0 Å². The highest BCUT2D eigenvalue weighted by Crippen LogP contribution is 2.17. The number of hydrogen-bond acceptors (Lipinski definition) is 4. The van der Waals surface area contributed by atoms with Crippen LogP contribution in [0.15, 0.2) is 47.5 Å². The highest BCUT2D eigenvalue weighted by Gasteiger charge is 2.14. The predicted octanol–water partition coefficient (Wildman–Crippen LogP) is 3.01. The van der Waals surface area contributed by atoms with Crippen LogP contribution in [-0.2, 0) is 10.0 Å². The van der Waals surface area contributed by atoms with Crippen LogP contribution in [0.2, 0.25) is 0 Å². The van der Waals surface area contributed by atoms with Gasteiger partial charge in [-0.25, -0.2) is 13.4 Å². The number of pyridine rings is 1. The lowest BCUT2D eigenvalue weighted by Gasteiger charge is -2.11. The van der Waals surface area contributed by atoms with Gasteiger partial charge in [-0.05, 0) is 50.6 Å². The molecule has 1 aromatic carbocycles. The molecule has 0 aliphatic heterocycles. The van der Waals surface area contributed by atoms with Crippen LogP contribution in [0.5, 0.6) is 0 Å². The molecule has 2 rings (SSSR count). The molecule has 0 radical (unpaired) electrons. The Morgan fingerprint density at radius 3 is 2.48 bits per heavy atom. The Labute approximate surface area is 125 Å². The fourth-order valence-electron chi connectivity index (χ4n) is 1.85.